The molecule has 0 atom stereocenters. The van der Waals surface area contributed by atoms with E-state index in [1.807, 2.05) is 24.3 Å². The molecule has 1 N–H and O–H groups in total. The van der Waals surface area contributed by atoms with E-state index in [-0.39, 0.29) is 5.91 Å². The van der Waals surface area contributed by atoms with Crippen molar-refractivity contribution < 1.29 is 9.53 Å². The molecule has 4 bridgehead atoms. The fraction of sp³-hybridized carbons (Fsp3) is 0.500. The number of hydrogen-bond acceptors (Lipinski definition) is 2. The molecule has 2 aromatic rings. The Hall–Kier alpha value is -2.29. The van der Waals surface area contributed by atoms with Gasteiger partial charge in [0.05, 0.1) is 7.11 Å². The molecule has 6 rings (SSSR count). The van der Waals surface area contributed by atoms with Gasteiger partial charge < -0.3 is 10.1 Å². The number of amides is 1. The highest BCUT2D eigenvalue weighted by Gasteiger charge is 2.51. The summed E-state index contributed by atoms with van der Waals surface area (Å²) in [6.07, 6.45) is 9.79. The Bertz CT molecular complexity index is 833. The van der Waals surface area contributed by atoms with Crippen molar-refractivity contribution in [2.24, 2.45) is 17.8 Å². The maximum absolute atomic E-state index is 12.4. The second-order valence-electron chi connectivity index (χ2n) is 9.67. The standard InChI is InChI=1S/C26H31NO2/c1-29-24-9-2-18(3-10-24)4-11-25(28)27-23-7-5-22(6-8-23)26-15-19-12-20(16-26)14-21(13-19)17-26/h2-3,5-10,19-21H,4,11-17H2,1H3,(H,27,28). The zero-order valence-corrected chi connectivity index (χ0v) is 17.3. The Morgan fingerprint density at radius 1 is 0.931 bits per heavy atom. The molecular weight excluding hydrogens is 358 g/mol. The number of nitrogens with one attached hydrogen (secondary N) is 1. The SMILES string of the molecule is COc1ccc(CCC(=O)Nc2ccc(C34CC5CC(CC(C5)C3)C4)cc2)cc1. The molecule has 4 aliphatic carbocycles. The molecular formula is C26H31NO2. The van der Waals surface area contributed by atoms with Crippen molar-refractivity contribution in [2.75, 3.05) is 12.4 Å². The molecule has 0 aromatic heterocycles. The van der Waals surface area contributed by atoms with Crippen molar-refractivity contribution >= 4 is 11.6 Å². The first kappa shape index (κ1) is 18.7. The summed E-state index contributed by atoms with van der Waals surface area (Å²) in [7, 11) is 1.66. The predicted molar refractivity (Wildman–Crippen MR) is 116 cm³/mol. The van der Waals surface area contributed by atoms with Crippen molar-refractivity contribution in [3.05, 3.63) is 59.7 Å². The number of methoxy groups -OCH3 is 1. The van der Waals surface area contributed by atoms with Gasteiger partial charge in [-0.1, -0.05) is 24.3 Å². The molecule has 0 unspecified atom stereocenters. The Morgan fingerprint density at radius 3 is 2.07 bits per heavy atom. The van der Waals surface area contributed by atoms with Crippen molar-refractivity contribution in [2.45, 2.75) is 56.8 Å². The molecule has 1 amide bonds. The van der Waals surface area contributed by atoms with Crippen LogP contribution in [0.25, 0.3) is 0 Å². The van der Waals surface area contributed by atoms with Crippen molar-refractivity contribution in [3.63, 3.8) is 0 Å². The van der Waals surface area contributed by atoms with Gasteiger partial charge in [0.2, 0.25) is 5.91 Å². The van der Waals surface area contributed by atoms with E-state index in [0.717, 1.165) is 41.2 Å². The zero-order valence-electron chi connectivity index (χ0n) is 17.3. The Balaban J connectivity index is 1.19. The average Bonchev–Trinajstić information content (AvgIpc) is 2.72. The number of anilines is 1. The molecule has 29 heavy (non-hydrogen) atoms. The van der Waals surface area contributed by atoms with Gasteiger partial charge in [-0.3, -0.25) is 4.79 Å². The topological polar surface area (TPSA) is 38.3 Å². The summed E-state index contributed by atoms with van der Waals surface area (Å²) in [5.41, 5.74) is 4.00. The van der Waals surface area contributed by atoms with Crippen LogP contribution in [0.3, 0.4) is 0 Å². The smallest absolute Gasteiger partial charge is 0.224 e. The first-order chi connectivity index (χ1) is 14.1. The number of ether oxygens (including phenoxy) is 1. The molecule has 152 valence electrons. The van der Waals surface area contributed by atoms with Gasteiger partial charge in [0, 0.05) is 12.1 Å². The molecule has 0 saturated heterocycles. The van der Waals surface area contributed by atoms with Gasteiger partial charge in [0.15, 0.2) is 0 Å². The fourth-order valence-corrected chi connectivity index (χ4v) is 6.64. The number of hydrogen-bond donors (Lipinski definition) is 1. The lowest BCUT2D eigenvalue weighted by atomic mass is 9.48. The van der Waals surface area contributed by atoms with Crippen LogP contribution in [-0.4, -0.2) is 13.0 Å². The van der Waals surface area contributed by atoms with E-state index in [4.69, 9.17) is 4.74 Å². The van der Waals surface area contributed by atoms with Gasteiger partial charge in [-0.05, 0) is 104 Å². The van der Waals surface area contributed by atoms with E-state index in [9.17, 15) is 4.79 Å². The van der Waals surface area contributed by atoms with Crippen molar-refractivity contribution in [1.82, 2.24) is 0 Å². The van der Waals surface area contributed by atoms with Crippen LogP contribution in [0.2, 0.25) is 0 Å². The van der Waals surface area contributed by atoms with E-state index in [0.29, 0.717) is 11.8 Å². The number of aryl methyl sites for hydroxylation is 1. The quantitative estimate of drug-likeness (QED) is 0.685. The normalized spacial score (nSPS) is 29.6. The summed E-state index contributed by atoms with van der Waals surface area (Å²) in [4.78, 5) is 12.4. The third-order valence-electron chi connectivity index (χ3n) is 7.62. The lowest BCUT2D eigenvalue weighted by molar-refractivity contribution is -0.116. The highest BCUT2D eigenvalue weighted by molar-refractivity contribution is 5.90. The maximum Gasteiger partial charge on any atom is 0.224 e. The van der Waals surface area contributed by atoms with Crippen LogP contribution in [0.15, 0.2) is 48.5 Å². The van der Waals surface area contributed by atoms with Gasteiger partial charge >= 0.3 is 0 Å². The lowest BCUT2D eigenvalue weighted by Gasteiger charge is -2.57. The number of carbonyl (C=O) groups is 1. The van der Waals surface area contributed by atoms with Crippen molar-refractivity contribution in [1.29, 1.82) is 0 Å². The highest BCUT2D eigenvalue weighted by atomic mass is 16.5. The van der Waals surface area contributed by atoms with Crippen molar-refractivity contribution in [3.8, 4) is 5.75 Å². The van der Waals surface area contributed by atoms with E-state index >= 15 is 0 Å². The second-order valence-corrected chi connectivity index (χ2v) is 9.67. The summed E-state index contributed by atoms with van der Waals surface area (Å²) in [6.45, 7) is 0. The molecule has 4 saturated carbocycles. The first-order valence-electron chi connectivity index (χ1n) is 11.2. The second kappa shape index (κ2) is 7.51. The number of rotatable bonds is 6. The van der Waals surface area contributed by atoms with E-state index in [1.54, 1.807) is 7.11 Å². The summed E-state index contributed by atoms with van der Waals surface area (Å²) >= 11 is 0. The van der Waals surface area contributed by atoms with Gasteiger partial charge in [-0.15, -0.1) is 0 Å². The van der Waals surface area contributed by atoms with E-state index < -0.39 is 0 Å². The summed E-state index contributed by atoms with van der Waals surface area (Å²) < 4.78 is 5.18. The molecule has 0 aliphatic heterocycles. The minimum absolute atomic E-state index is 0.0726. The van der Waals surface area contributed by atoms with Crippen LogP contribution >= 0.6 is 0 Å². The van der Waals surface area contributed by atoms with Crippen LogP contribution in [0.5, 0.6) is 5.75 Å². The number of benzene rings is 2. The lowest BCUT2D eigenvalue weighted by Crippen LogP contribution is -2.48. The molecule has 2 aromatic carbocycles. The average molecular weight is 390 g/mol. The number of carbonyl (C=O) groups excluding carboxylic acids is 1. The van der Waals surface area contributed by atoms with E-state index in [2.05, 4.69) is 29.6 Å². The monoisotopic (exact) mass is 389 g/mol. The molecule has 0 radical (unpaired) electrons. The third kappa shape index (κ3) is 3.80. The van der Waals surface area contributed by atoms with E-state index in [1.165, 1.54) is 44.1 Å². The maximum atomic E-state index is 12.4. The Morgan fingerprint density at radius 2 is 1.52 bits per heavy atom. The predicted octanol–water partition coefficient (Wildman–Crippen LogP) is 5.73. The first-order valence-corrected chi connectivity index (χ1v) is 11.2. The molecule has 3 nitrogen and oxygen atoms in total. The van der Waals surface area contributed by atoms with Gasteiger partial charge in [0.1, 0.15) is 5.75 Å². The van der Waals surface area contributed by atoms with Crippen LogP contribution in [-0.2, 0) is 16.6 Å². The Labute approximate surface area is 173 Å². The third-order valence-corrected chi connectivity index (χ3v) is 7.62. The zero-order chi connectivity index (χ0) is 19.8. The van der Waals surface area contributed by atoms with Gasteiger partial charge in [-0.2, -0.15) is 0 Å². The van der Waals surface area contributed by atoms with Gasteiger partial charge in [-0.25, -0.2) is 0 Å². The molecule has 4 fully saturated rings. The van der Waals surface area contributed by atoms with Crippen LogP contribution in [0.1, 0.15) is 56.1 Å². The molecule has 0 spiro atoms. The van der Waals surface area contributed by atoms with Crippen LogP contribution in [0, 0.1) is 17.8 Å². The fourth-order valence-electron chi connectivity index (χ4n) is 6.64. The van der Waals surface area contributed by atoms with Crippen LogP contribution in [0.4, 0.5) is 5.69 Å². The highest BCUT2D eigenvalue weighted by Crippen LogP contribution is 2.60. The summed E-state index contributed by atoms with van der Waals surface area (Å²) in [5.74, 6) is 3.79. The summed E-state index contributed by atoms with van der Waals surface area (Å²) in [5, 5.41) is 3.07. The van der Waals surface area contributed by atoms with Crippen LogP contribution < -0.4 is 10.1 Å². The molecule has 4 aliphatic rings. The largest absolute Gasteiger partial charge is 0.497 e. The minimum Gasteiger partial charge on any atom is -0.497 e. The molecule has 0 heterocycles. The Kier molecular flexibility index (Phi) is 4.85. The minimum atomic E-state index is 0.0726. The summed E-state index contributed by atoms with van der Waals surface area (Å²) in [6, 6.07) is 16.7. The van der Waals surface area contributed by atoms with Gasteiger partial charge in [0.25, 0.3) is 0 Å². The molecule has 3 heteroatoms.